The highest BCUT2D eigenvalue weighted by Gasteiger charge is 2.19. The molecule has 0 unspecified atom stereocenters. The molecule has 1 heterocycles. The Morgan fingerprint density at radius 1 is 1.32 bits per heavy atom. The van der Waals surface area contributed by atoms with Gasteiger partial charge in [0.1, 0.15) is 11.5 Å². The van der Waals surface area contributed by atoms with Crippen LogP contribution in [-0.4, -0.2) is 36.4 Å². The predicted octanol–water partition coefficient (Wildman–Crippen LogP) is 2.69. The van der Waals surface area contributed by atoms with E-state index in [2.05, 4.69) is 5.10 Å². The molecule has 22 heavy (non-hydrogen) atoms. The van der Waals surface area contributed by atoms with Gasteiger partial charge in [-0.05, 0) is 19.1 Å². The third-order valence-corrected chi connectivity index (χ3v) is 3.05. The summed E-state index contributed by atoms with van der Waals surface area (Å²) in [4.78, 5) is 11.2. The number of ether oxygens (including phenoxy) is 2. The Kier molecular flexibility index (Phi) is 5.21. The lowest BCUT2D eigenvalue weighted by Crippen LogP contribution is -2.08. The first kappa shape index (κ1) is 16.1. The Hall–Kier alpha value is -2.28. The zero-order valence-corrected chi connectivity index (χ0v) is 12.3. The lowest BCUT2D eigenvalue weighted by molar-refractivity contribution is 0.111. The Bertz CT molecular complexity index is 671. The smallest absolute Gasteiger partial charge is 0.227 e. The van der Waals surface area contributed by atoms with Gasteiger partial charge in [0.05, 0.1) is 17.9 Å². The molecule has 0 atom stereocenters. The van der Waals surface area contributed by atoms with Crippen LogP contribution in [0.5, 0.6) is 5.88 Å². The van der Waals surface area contributed by atoms with Crippen molar-refractivity contribution in [2.45, 2.75) is 13.3 Å². The van der Waals surface area contributed by atoms with Gasteiger partial charge < -0.3 is 9.47 Å². The summed E-state index contributed by atoms with van der Waals surface area (Å²) >= 11 is 0. The van der Waals surface area contributed by atoms with E-state index in [0.717, 1.165) is 12.1 Å². The zero-order valence-electron chi connectivity index (χ0n) is 12.3. The van der Waals surface area contributed by atoms with Gasteiger partial charge in [-0.2, -0.15) is 9.78 Å². The van der Waals surface area contributed by atoms with Gasteiger partial charge in [0.25, 0.3) is 0 Å². The molecule has 118 valence electrons. The monoisotopic (exact) mass is 310 g/mol. The number of aldehydes is 1. The number of aryl methyl sites for hydroxylation is 1. The first-order valence-electron chi connectivity index (χ1n) is 6.70. The second-order valence-electron chi connectivity index (χ2n) is 4.62. The topological polar surface area (TPSA) is 53.4 Å². The number of hydrogen-bond acceptors (Lipinski definition) is 4. The largest absolute Gasteiger partial charge is 0.477 e. The van der Waals surface area contributed by atoms with E-state index in [1.54, 1.807) is 14.0 Å². The molecule has 0 aliphatic carbocycles. The zero-order chi connectivity index (χ0) is 16.1. The number of nitrogens with zero attached hydrogens (tertiary/aromatic N) is 2. The molecule has 1 aromatic heterocycles. The van der Waals surface area contributed by atoms with Crippen LogP contribution in [0.1, 0.15) is 22.5 Å². The Labute approximate surface area is 126 Å². The van der Waals surface area contributed by atoms with Crippen LogP contribution in [0.15, 0.2) is 18.2 Å². The van der Waals surface area contributed by atoms with E-state index in [0.29, 0.717) is 25.0 Å². The maximum absolute atomic E-state index is 13.9. The average molecular weight is 310 g/mol. The fourth-order valence-corrected chi connectivity index (χ4v) is 1.98. The van der Waals surface area contributed by atoms with Gasteiger partial charge in [0.15, 0.2) is 12.1 Å². The third kappa shape index (κ3) is 3.30. The van der Waals surface area contributed by atoms with Crippen LogP contribution in [0.3, 0.4) is 0 Å². The van der Waals surface area contributed by atoms with Crippen molar-refractivity contribution in [3.05, 3.63) is 41.1 Å². The summed E-state index contributed by atoms with van der Waals surface area (Å²) in [5, 5.41) is 4.11. The van der Waals surface area contributed by atoms with Crippen LogP contribution in [0, 0.1) is 18.6 Å². The van der Waals surface area contributed by atoms with Gasteiger partial charge in [-0.3, -0.25) is 4.79 Å². The van der Waals surface area contributed by atoms with Gasteiger partial charge in [-0.1, -0.05) is 0 Å². The molecule has 0 spiro atoms. The highest BCUT2D eigenvalue weighted by atomic mass is 19.1. The van der Waals surface area contributed by atoms with Crippen molar-refractivity contribution < 1.29 is 23.0 Å². The summed E-state index contributed by atoms with van der Waals surface area (Å²) in [5.41, 5.74) is 0.654. The highest BCUT2D eigenvalue weighted by Crippen LogP contribution is 2.26. The van der Waals surface area contributed by atoms with Crippen molar-refractivity contribution >= 4 is 6.29 Å². The van der Waals surface area contributed by atoms with E-state index >= 15 is 0 Å². The Morgan fingerprint density at radius 3 is 2.73 bits per heavy atom. The molecule has 0 saturated carbocycles. The van der Waals surface area contributed by atoms with Crippen molar-refractivity contribution in [2.75, 3.05) is 20.3 Å². The minimum Gasteiger partial charge on any atom is -0.477 e. The van der Waals surface area contributed by atoms with Gasteiger partial charge >= 0.3 is 0 Å². The second-order valence-corrected chi connectivity index (χ2v) is 4.62. The molecule has 2 aromatic rings. The number of aromatic nitrogens is 2. The number of methoxy groups -OCH3 is 1. The first-order chi connectivity index (χ1) is 10.6. The number of benzene rings is 1. The van der Waals surface area contributed by atoms with Gasteiger partial charge in [-0.15, -0.1) is 0 Å². The molecular formula is C15H16F2N2O3. The van der Waals surface area contributed by atoms with E-state index in [1.165, 1.54) is 10.7 Å². The highest BCUT2D eigenvalue weighted by molar-refractivity contribution is 5.80. The van der Waals surface area contributed by atoms with E-state index in [1.807, 2.05) is 0 Å². The van der Waals surface area contributed by atoms with Crippen LogP contribution in [0.4, 0.5) is 8.78 Å². The minimum atomic E-state index is -0.790. The SMILES string of the molecule is COCCCOc1c(C=O)c(C)nn1-c1ccc(F)cc1F. The lowest BCUT2D eigenvalue weighted by Gasteiger charge is -2.10. The quantitative estimate of drug-likeness (QED) is 0.583. The molecule has 0 aliphatic rings. The van der Waals surface area contributed by atoms with Crippen molar-refractivity contribution in [3.63, 3.8) is 0 Å². The van der Waals surface area contributed by atoms with Crippen LogP contribution in [0.2, 0.25) is 0 Å². The summed E-state index contributed by atoms with van der Waals surface area (Å²) in [6.45, 7) is 2.39. The normalized spacial score (nSPS) is 10.7. The molecule has 2 rings (SSSR count). The predicted molar refractivity (Wildman–Crippen MR) is 75.6 cm³/mol. The molecule has 0 amide bonds. The van der Waals surface area contributed by atoms with Gasteiger partial charge in [0.2, 0.25) is 5.88 Å². The fourth-order valence-electron chi connectivity index (χ4n) is 1.98. The van der Waals surface area contributed by atoms with Crippen LogP contribution < -0.4 is 4.74 Å². The molecular weight excluding hydrogens is 294 g/mol. The molecule has 0 aliphatic heterocycles. The number of rotatable bonds is 7. The first-order valence-corrected chi connectivity index (χ1v) is 6.70. The number of halogens is 2. The molecule has 0 N–H and O–H groups in total. The molecule has 0 bridgehead atoms. The molecule has 7 heteroatoms. The standard InChI is InChI=1S/C15H16F2N2O3/c1-10-12(9-20)15(22-7-3-6-21-2)19(18-10)14-5-4-11(16)8-13(14)17/h4-5,8-9H,3,6-7H2,1-2H3. The summed E-state index contributed by atoms with van der Waals surface area (Å²) in [6, 6.07) is 3.11. The van der Waals surface area contributed by atoms with E-state index in [-0.39, 0.29) is 23.7 Å². The molecule has 0 saturated heterocycles. The summed E-state index contributed by atoms with van der Waals surface area (Å²) < 4.78 is 38.6. The summed E-state index contributed by atoms with van der Waals surface area (Å²) in [7, 11) is 1.57. The maximum Gasteiger partial charge on any atom is 0.227 e. The van der Waals surface area contributed by atoms with Crippen LogP contribution in [0.25, 0.3) is 5.69 Å². The van der Waals surface area contributed by atoms with Crippen molar-refractivity contribution in [3.8, 4) is 11.6 Å². The number of carbonyl (C=O) groups excluding carboxylic acids is 1. The minimum absolute atomic E-state index is 0.0133. The number of hydrogen-bond donors (Lipinski definition) is 0. The second kappa shape index (κ2) is 7.13. The van der Waals surface area contributed by atoms with E-state index in [9.17, 15) is 13.6 Å². The molecule has 0 radical (unpaired) electrons. The maximum atomic E-state index is 13.9. The Morgan fingerprint density at radius 2 is 2.09 bits per heavy atom. The van der Waals surface area contributed by atoms with Crippen LogP contribution >= 0.6 is 0 Å². The van der Waals surface area contributed by atoms with Crippen molar-refractivity contribution in [2.24, 2.45) is 0 Å². The molecule has 1 aromatic carbocycles. The average Bonchev–Trinajstić information content (AvgIpc) is 2.79. The number of carbonyl (C=O) groups is 1. The fraction of sp³-hybridized carbons (Fsp3) is 0.333. The molecule has 5 nitrogen and oxygen atoms in total. The van der Waals surface area contributed by atoms with Crippen LogP contribution in [-0.2, 0) is 4.74 Å². The molecule has 0 fully saturated rings. The van der Waals surface area contributed by atoms with Crippen molar-refractivity contribution in [1.29, 1.82) is 0 Å². The lowest BCUT2D eigenvalue weighted by atomic mass is 10.2. The summed E-state index contributed by atoms with van der Waals surface area (Å²) in [5.74, 6) is -1.35. The van der Waals surface area contributed by atoms with E-state index in [4.69, 9.17) is 9.47 Å². The Balaban J connectivity index is 2.39. The van der Waals surface area contributed by atoms with E-state index < -0.39 is 11.6 Å². The summed E-state index contributed by atoms with van der Waals surface area (Å²) in [6.07, 6.45) is 1.21. The van der Waals surface area contributed by atoms with Gasteiger partial charge in [0, 0.05) is 26.2 Å². The van der Waals surface area contributed by atoms with Crippen molar-refractivity contribution in [1.82, 2.24) is 9.78 Å². The third-order valence-electron chi connectivity index (χ3n) is 3.05. The van der Waals surface area contributed by atoms with Gasteiger partial charge in [-0.25, -0.2) is 8.78 Å².